The van der Waals surface area contributed by atoms with Gasteiger partial charge >= 0.3 is 0 Å². The van der Waals surface area contributed by atoms with Crippen molar-refractivity contribution in [3.05, 3.63) is 0 Å². The SMILES string of the molecule is CCCSP(=S)(CC)SC(C)(C)C. The first-order chi connectivity index (χ1) is 5.83. The van der Waals surface area contributed by atoms with Gasteiger partial charge in [0.1, 0.15) is 0 Å². The molecule has 0 rings (SSSR count). The van der Waals surface area contributed by atoms with E-state index in [1.165, 1.54) is 18.3 Å². The molecule has 0 amide bonds. The Kier molecular flexibility index (Phi) is 6.68. The van der Waals surface area contributed by atoms with Crippen molar-refractivity contribution in [3.8, 4) is 0 Å². The molecule has 0 bridgehead atoms. The molecular formula is C9H21PS3. The summed E-state index contributed by atoms with van der Waals surface area (Å²) in [6.07, 6.45) is 2.42. The highest BCUT2D eigenvalue weighted by molar-refractivity contribution is 9.00. The van der Waals surface area contributed by atoms with E-state index < -0.39 is 4.44 Å². The Morgan fingerprint density at radius 2 is 1.77 bits per heavy atom. The van der Waals surface area contributed by atoms with Gasteiger partial charge in [0, 0.05) is 4.75 Å². The van der Waals surface area contributed by atoms with Crippen LogP contribution in [-0.4, -0.2) is 16.7 Å². The first-order valence-corrected chi connectivity index (χ1v) is 10.8. The van der Waals surface area contributed by atoms with Crippen molar-refractivity contribution in [2.75, 3.05) is 11.9 Å². The van der Waals surface area contributed by atoms with E-state index in [0.29, 0.717) is 4.75 Å². The molecule has 80 valence electrons. The summed E-state index contributed by atoms with van der Waals surface area (Å²) in [5, 5.41) is 0. The zero-order chi connectivity index (χ0) is 10.5. The minimum Gasteiger partial charge on any atom is -0.114 e. The van der Waals surface area contributed by atoms with E-state index >= 15 is 0 Å². The molecule has 0 saturated heterocycles. The van der Waals surface area contributed by atoms with Crippen LogP contribution in [0.25, 0.3) is 0 Å². The van der Waals surface area contributed by atoms with Gasteiger partial charge in [-0.15, -0.1) is 22.8 Å². The predicted octanol–water partition coefficient (Wildman–Crippen LogP) is 4.99. The van der Waals surface area contributed by atoms with Crippen LogP contribution >= 0.6 is 27.2 Å². The second-order valence-electron chi connectivity index (χ2n) is 3.96. The molecule has 0 saturated carbocycles. The summed E-state index contributed by atoms with van der Waals surface area (Å²) in [5.74, 6) is 1.23. The van der Waals surface area contributed by atoms with Gasteiger partial charge < -0.3 is 0 Å². The van der Waals surface area contributed by atoms with E-state index in [1.807, 2.05) is 22.8 Å². The number of hydrogen-bond acceptors (Lipinski definition) is 3. The first-order valence-electron chi connectivity index (χ1n) is 4.77. The second-order valence-corrected chi connectivity index (χ2v) is 16.9. The molecule has 1 atom stereocenters. The zero-order valence-electron chi connectivity index (χ0n) is 9.29. The fourth-order valence-corrected chi connectivity index (χ4v) is 13.3. The van der Waals surface area contributed by atoms with E-state index in [2.05, 4.69) is 34.6 Å². The Bertz CT molecular complexity index is 184. The Hall–Kier alpha value is 1.35. The predicted molar refractivity (Wildman–Crippen MR) is 74.9 cm³/mol. The third-order valence-electron chi connectivity index (χ3n) is 1.29. The van der Waals surface area contributed by atoms with E-state index in [4.69, 9.17) is 11.8 Å². The minimum absolute atomic E-state index is 0.326. The Labute approximate surface area is 96.5 Å². The lowest BCUT2D eigenvalue weighted by atomic mass is 10.3. The zero-order valence-corrected chi connectivity index (χ0v) is 12.6. The van der Waals surface area contributed by atoms with Gasteiger partial charge in [0.05, 0.1) is 4.44 Å². The quantitative estimate of drug-likeness (QED) is 0.636. The lowest BCUT2D eigenvalue weighted by Crippen LogP contribution is -2.06. The van der Waals surface area contributed by atoms with Gasteiger partial charge in [-0.3, -0.25) is 0 Å². The van der Waals surface area contributed by atoms with Gasteiger partial charge in [0.25, 0.3) is 0 Å². The molecule has 0 radical (unpaired) electrons. The molecule has 0 aliphatic heterocycles. The topological polar surface area (TPSA) is 0 Å². The molecule has 0 fully saturated rings. The molecule has 0 nitrogen and oxygen atoms in total. The normalized spacial score (nSPS) is 17.0. The van der Waals surface area contributed by atoms with Gasteiger partial charge in [0.2, 0.25) is 0 Å². The highest BCUT2D eigenvalue weighted by Gasteiger charge is 2.23. The van der Waals surface area contributed by atoms with Crippen LogP contribution in [0.2, 0.25) is 0 Å². The van der Waals surface area contributed by atoms with Crippen molar-refractivity contribution >= 4 is 39.0 Å². The molecule has 0 aliphatic carbocycles. The van der Waals surface area contributed by atoms with E-state index in [1.54, 1.807) is 0 Å². The summed E-state index contributed by atoms with van der Waals surface area (Å²) in [6.45, 7) is 11.3. The van der Waals surface area contributed by atoms with Crippen molar-refractivity contribution in [2.45, 2.75) is 45.8 Å². The average Bonchev–Trinajstić information content (AvgIpc) is 1.98. The largest absolute Gasteiger partial charge is 0.114 e. The minimum atomic E-state index is -1.17. The molecule has 0 aromatic heterocycles. The van der Waals surface area contributed by atoms with Gasteiger partial charge in [-0.2, -0.15) is 0 Å². The standard InChI is InChI=1S/C9H21PS3/c1-6-8-12-10(11,7-2)13-9(3,4)5/h6-8H2,1-5H3. The molecular weight excluding hydrogens is 235 g/mol. The highest BCUT2D eigenvalue weighted by Crippen LogP contribution is 2.72. The smallest absolute Gasteiger partial charge is 0.0574 e. The third kappa shape index (κ3) is 7.30. The molecule has 0 heterocycles. The maximum absolute atomic E-state index is 5.75. The van der Waals surface area contributed by atoms with Crippen LogP contribution in [0.1, 0.15) is 41.0 Å². The van der Waals surface area contributed by atoms with Crippen LogP contribution in [0, 0.1) is 0 Å². The van der Waals surface area contributed by atoms with Crippen LogP contribution in [0.4, 0.5) is 0 Å². The maximum atomic E-state index is 5.75. The summed E-state index contributed by atoms with van der Waals surface area (Å²) in [6, 6.07) is 0. The molecule has 0 N–H and O–H groups in total. The number of hydrogen-bond donors (Lipinski definition) is 0. The summed E-state index contributed by atoms with van der Waals surface area (Å²) >= 11 is 9.83. The Morgan fingerprint density at radius 3 is 2.08 bits per heavy atom. The van der Waals surface area contributed by atoms with Crippen molar-refractivity contribution < 1.29 is 0 Å². The van der Waals surface area contributed by atoms with Crippen LogP contribution in [0.5, 0.6) is 0 Å². The van der Waals surface area contributed by atoms with Crippen LogP contribution < -0.4 is 0 Å². The summed E-state index contributed by atoms with van der Waals surface area (Å²) in [7, 11) is 0. The maximum Gasteiger partial charge on any atom is 0.0574 e. The Balaban J connectivity index is 4.20. The van der Waals surface area contributed by atoms with Gasteiger partial charge in [-0.05, 0) is 18.3 Å². The fraction of sp³-hybridized carbons (Fsp3) is 1.00. The fourth-order valence-electron chi connectivity index (χ4n) is 0.830. The lowest BCUT2D eigenvalue weighted by Gasteiger charge is -2.27. The average molecular weight is 256 g/mol. The molecule has 13 heavy (non-hydrogen) atoms. The molecule has 0 aromatic rings. The molecule has 0 aliphatic rings. The van der Waals surface area contributed by atoms with Crippen molar-refractivity contribution in [3.63, 3.8) is 0 Å². The van der Waals surface area contributed by atoms with E-state index in [0.717, 1.165) is 0 Å². The van der Waals surface area contributed by atoms with Gasteiger partial charge in [-0.25, -0.2) is 0 Å². The first kappa shape index (κ1) is 14.3. The van der Waals surface area contributed by atoms with Crippen molar-refractivity contribution in [1.29, 1.82) is 0 Å². The number of rotatable bonds is 5. The lowest BCUT2D eigenvalue weighted by molar-refractivity contribution is 0.810. The monoisotopic (exact) mass is 256 g/mol. The van der Waals surface area contributed by atoms with E-state index in [-0.39, 0.29) is 0 Å². The summed E-state index contributed by atoms with van der Waals surface area (Å²) in [4.78, 5) is 0. The summed E-state index contributed by atoms with van der Waals surface area (Å²) < 4.78 is -0.846. The van der Waals surface area contributed by atoms with Crippen molar-refractivity contribution in [1.82, 2.24) is 0 Å². The van der Waals surface area contributed by atoms with Crippen LogP contribution in [0.15, 0.2) is 0 Å². The Morgan fingerprint density at radius 1 is 1.23 bits per heavy atom. The molecule has 1 unspecified atom stereocenters. The van der Waals surface area contributed by atoms with Crippen LogP contribution in [0.3, 0.4) is 0 Å². The van der Waals surface area contributed by atoms with Crippen LogP contribution in [-0.2, 0) is 11.8 Å². The summed E-state index contributed by atoms with van der Waals surface area (Å²) in [5.41, 5.74) is 0. The molecule has 4 heteroatoms. The second kappa shape index (κ2) is 6.05. The van der Waals surface area contributed by atoms with E-state index in [9.17, 15) is 0 Å². The van der Waals surface area contributed by atoms with Crippen molar-refractivity contribution in [2.24, 2.45) is 0 Å². The van der Waals surface area contributed by atoms with Gasteiger partial charge in [0.15, 0.2) is 0 Å². The highest BCUT2D eigenvalue weighted by atomic mass is 33.2. The molecule has 0 spiro atoms. The van der Waals surface area contributed by atoms with Gasteiger partial charge in [-0.1, -0.05) is 46.4 Å². The molecule has 0 aromatic carbocycles. The third-order valence-corrected chi connectivity index (χ3v) is 13.6.